The maximum absolute atomic E-state index is 13.8. The van der Waals surface area contributed by atoms with E-state index in [9.17, 15) is 9.18 Å². The molecule has 0 spiro atoms. The summed E-state index contributed by atoms with van der Waals surface area (Å²) in [7, 11) is 1.65. The lowest BCUT2D eigenvalue weighted by Gasteiger charge is -2.22. The zero-order chi connectivity index (χ0) is 25.3. The average molecular weight is 490 g/mol. The van der Waals surface area contributed by atoms with Crippen molar-refractivity contribution in [2.24, 2.45) is 5.92 Å². The Morgan fingerprint density at radius 1 is 1.11 bits per heavy atom. The normalized spacial score (nSPS) is 16.7. The van der Waals surface area contributed by atoms with Gasteiger partial charge < -0.3 is 15.0 Å². The van der Waals surface area contributed by atoms with E-state index in [2.05, 4.69) is 22.1 Å². The predicted octanol–water partition coefficient (Wildman–Crippen LogP) is 5.92. The second-order valence-electron chi connectivity index (χ2n) is 9.54. The number of carbonyl (C=O) groups is 1. The van der Waals surface area contributed by atoms with Gasteiger partial charge in [0.2, 0.25) is 0 Å². The van der Waals surface area contributed by atoms with Crippen LogP contribution in [0.5, 0.6) is 5.75 Å². The van der Waals surface area contributed by atoms with Crippen molar-refractivity contribution in [2.45, 2.75) is 38.5 Å². The molecule has 36 heavy (non-hydrogen) atoms. The number of methoxy groups -OCH3 is 1. The first-order valence-electron chi connectivity index (χ1n) is 12.9. The number of amides is 1. The fourth-order valence-electron chi connectivity index (χ4n) is 4.86. The molecular weight excluding hydrogens is 453 g/mol. The Morgan fingerprint density at radius 3 is 2.67 bits per heavy atom. The zero-order valence-corrected chi connectivity index (χ0v) is 21.3. The number of pyridine rings is 1. The minimum atomic E-state index is -0.201. The third-order valence-corrected chi connectivity index (χ3v) is 6.84. The van der Waals surface area contributed by atoms with E-state index in [1.165, 1.54) is 6.07 Å². The van der Waals surface area contributed by atoms with Crippen LogP contribution in [0.2, 0.25) is 0 Å². The van der Waals surface area contributed by atoms with Gasteiger partial charge in [-0.1, -0.05) is 25.1 Å². The van der Waals surface area contributed by atoms with Gasteiger partial charge >= 0.3 is 0 Å². The Kier molecular flexibility index (Phi) is 9.06. The molecule has 190 valence electrons. The van der Waals surface area contributed by atoms with Crippen LogP contribution in [0, 0.1) is 11.7 Å². The fourth-order valence-corrected chi connectivity index (χ4v) is 4.86. The van der Waals surface area contributed by atoms with Crippen LogP contribution in [0.25, 0.3) is 11.3 Å². The molecule has 0 saturated heterocycles. The molecule has 4 rings (SSSR count). The predicted molar refractivity (Wildman–Crippen MR) is 142 cm³/mol. The van der Waals surface area contributed by atoms with Crippen LogP contribution in [-0.2, 0) is 0 Å². The minimum Gasteiger partial charge on any atom is -0.496 e. The van der Waals surface area contributed by atoms with Crippen LogP contribution in [0.3, 0.4) is 0 Å². The summed E-state index contributed by atoms with van der Waals surface area (Å²) < 4.78 is 19.2. The van der Waals surface area contributed by atoms with Gasteiger partial charge in [0.25, 0.3) is 5.91 Å². The van der Waals surface area contributed by atoms with E-state index < -0.39 is 0 Å². The third kappa shape index (κ3) is 6.91. The number of hydrogen-bond donors (Lipinski definition) is 1. The second kappa shape index (κ2) is 12.6. The molecule has 5 nitrogen and oxygen atoms in total. The highest BCUT2D eigenvalue weighted by atomic mass is 19.1. The van der Waals surface area contributed by atoms with Crippen molar-refractivity contribution in [1.82, 2.24) is 15.2 Å². The molecule has 2 aromatic carbocycles. The summed E-state index contributed by atoms with van der Waals surface area (Å²) in [5.74, 6) is 1.46. The zero-order valence-electron chi connectivity index (χ0n) is 21.3. The van der Waals surface area contributed by atoms with Crippen molar-refractivity contribution < 1.29 is 13.9 Å². The Labute approximate surface area is 213 Å². The van der Waals surface area contributed by atoms with Crippen LogP contribution in [0.4, 0.5) is 4.39 Å². The van der Waals surface area contributed by atoms with Gasteiger partial charge in [-0.3, -0.25) is 9.78 Å². The molecule has 2 unspecified atom stereocenters. The van der Waals surface area contributed by atoms with Gasteiger partial charge in [0.1, 0.15) is 11.6 Å². The largest absolute Gasteiger partial charge is 0.496 e. The van der Waals surface area contributed by atoms with E-state index in [-0.39, 0.29) is 11.7 Å². The molecule has 0 bridgehead atoms. The number of rotatable bonds is 13. The lowest BCUT2D eigenvalue weighted by atomic mass is 10.1. The summed E-state index contributed by atoms with van der Waals surface area (Å²) in [6.07, 6.45) is 5.91. The molecule has 3 aromatic rings. The number of nitrogens with zero attached hydrogens (tertiary/aromatic N) is 2. The summed E-state index contributed by atoms with van der Waals surface area (Å²) in [5.41, 5.74) is 3.55. The molecule has 6 heteroatoms. The third-order valence-electron chi connectivity index (χ3n) is 6.84. The molecule has 1 aliphatic rings. The molecule has 1 heterocycles. The lowest BCUT2D eigenvalue weighted by Crippen LogP contribution is -2.29. The van der Waals surface area contributed by atoms with Crippen molar-refractivity contribution >= 4 is 5.91 Å². The Bertz CT molecular complexity index is 1120. The van der Waals surface area contributed by atoms with Crippen molar-refractivity contribution in [3.05, 3.63) is 83.8 Å². The number of carbonyl (C=O) groups excluding carboxylic acids is 1. The standard InChI is InChI=1S/C30H36FN3O2/c1-3-17-34(21-24-19-26(24)27-20-25(31)13-14-29(27)36-2)18-7-6-16-33-30(35)23-11-9-22(10-12-23)28-8-4-5-15-32-28/h4-5,8-15,20,24,26H,3,6-7,16-19,21H2,1-2H3,(H,33,35). The summed E-state index contributed by atoms with van der Waals surface area (Å²) in [6, 6.07) is 18.2. The number of benzene rings is 2. The average Bonchev–Trinajstić information content (AvgIpc) is 3.68. The first kappa shape index (κ1) is 25.8. The number of nitrogens with one attached hydrogen (secondary N) is 1. The number of hydrogen-bond acceptors (Lipinski definition) is 4. The number of unbranched alkanes of at least 4 members (excludes halogenated alkanes) is 1. The first-order chi connectivity index (χ1) is 17.6. The second-order valence-corrected chi connectivity index (χ2v) is 9.54. The van der Waals surface area contributed by atoms with Crippen LogP contribution in [-0.4, -0.2) is 49.1 Å². The quantitative estimate of drug-likeness (QED) is 0.303. The molecule has 1 amide bonds. The van der Waals surface area contributed by atoms with E-state index >= 15 is 0 Å². The summed E-state index contributed by atoms with van der Waals surface area (Å²) in [5, 5.41) is 3.04. The summed E-state index contributed by atoms with van der Waals surface area (Å²) in [6.45, 7) is 5.94. The van der Waals surface area contributed by atoms with Crippen molar-refractivity contribution in [3.8, 4) is 17.0 Å². The first-order valence-corrected chi connectivity index (χ1v) is 12.9. The molecule has 1 fully saturated rings. The highest BCUT2D eigenvalue weighted by Crippen LogP contribution is 2.50. The van der Waals surface area contributed by atoms with Crippen molar-refractivity contribution in [2.75, 3.05) is 33.3 Å². The van der Waals surface area contributed by atoms with Gasteiger partial charge in [0.15, 0.2) is 0 Å². The maximum atomic E-state index is 13.8. The number of aromatic nitrogens is 1. The van der Waals surface area contributed by atoms with E-state index in [1.54, 1.807) is 25.4 Å². The lowest BCUT2D eigenvalue weighted by molar-refractivity contribution is 0.0952. The topological polar surface area (TPSA) is 54.5 Å². The molecular formula is C30H36FN3O2. The van der Waals surface area contributed by atoms with Crippen LogP contribution >= 0.6 is 0 Å². The van der Waals surface area contributed by atoms with Gasteiger partial charge in [0.05, 0.1) is 12.8 Å². The van der Waals surface area contributed by atoms with Crippen LogP contribution < -0.4 is 10.1 Å². The van der Waals surface area contributed by atoms with E-state index in [1.807, 2.05) is 42.5 Å². The molecule has 1 aromatic heterocycles. The van der Waals surface area contributed by atoms with E-state index in [4.69, 9.17) is 4.74 Å². The molecule has 1 saturated carbocycles. The SMILES string of the molecule is CCCN(CCCCNC(=O)c1ccc(-c2ccccn2)cc1)CC1CC1c1cc(F)ccc1OC. The maximum Gasteiger partial charge on any atom is 0.251 e. The monoisotopic (exact) mass is 489 g/mol. The molecule has 1 N–H and O–H groups in total. The molecule has 0 radical (unpaired) electrons. The Balaban J connectivity index is 1.18. The molecule has 2 atom stereocenters. The van der Waals surface area contributed by atoms with E-state index in [0.717, 1.165) is 67.9 Å². The Morgan fingerprint density at radius 2 is 1.94 bits per heavy atom. The molecule has 0 aliphatic heterocycles. The van der Waals surface area contributed by atoms with Gasteiger partial charge in [-0.2, -0.15) is 0 Å². The van der Waals surface area contributed by atoms with Crippen molar-refractivity contribution in [1.29, 1.82) is 0 Å². The number of halogens is 1. The van der Waals surface area contributed by atoms with Crippen LogP contribution in [0.1, 0.15) is 54.4 Å². The van der Waals surface area contributed by atoms with Gasteiger partial charge in [-0.05, 0) is 93.1 Å². The van der Waals surface area contributed by atoms with Crippen LogP contribution in [0.15, 0.2) is 66.9 Å². The molecule has 1 aliphatic carbocycles. The highest BCUT2D eigenvalue weighted by molar-refractivity contribution is 5.94. The van der Waals surface area contributed by atoms with Crippen molar-refractivity contribution in [3.63, 3.8) is 0 Å². The highest BCUT2D eigenvalue weighted by Gasteiger charge is 2.40. The smallest absolute Gasteiger partial charge is 0.251 e. The van der Waals surface area contributed by atoms with E-state index in [0.29, 0.717) is 23.9 Å². The van der Waals surface area contributed by atoms with Gasteiger partial charge in [0, 0.05) is 36.0 Å². The summed E-state index contributed by atoms with van der Waals surface area (Å²) in [4.78, 5) is 19.4. The van der Waals surface area contributed by atoms with Gasteiger partial charge in [-0.15, -0.1) is 0 Å². The van der Waals surface area contributed by atoms with Gasteiger partial charge in [-0.25, -0.2) is 4.39 Å². The fraction of sp³-hybridized carbons (Fsp3) is 0.400. The number of ether oxygens (including phenoxy) is 1. The minimum absolute atomic E-state index is 0.0437. The summed E-state index contributed by atoms with van der Waals surface area (Å²) >= 11 is 0. The Hall–Kier alpha value is -3.25.